The maximum atomic E-state index is 11.5. The van der Waals surface area contributed by atoms with Crippen molar-refractivity contribution >= 4 is 5.91 Å². The van der Waals surface area contributed by atoms with E-state index in [9.17, 15) is 4.79 Å². The van der Waals surface area contributed by atoms with Crippen molar-refractivity contribution in [3.63, 3.8) is 0 Å². The van der Waals surface area contributed by atoms with E-state index in [0.717, 1.165) is 11.1 Å². The fourth-order valence-electron chi connectivity index (χ4n) is 1.89. The Morgan fingerprint density at radius 3 is 2.21 bits per heavy atom. The zero-order valence-corrected chi connectivity index (χ0v) is 10.7. The first-order valence-electron chi connectivity index (χ1n) is 6.31. The zero-order chi connectivity index (χ0) is 13.5. The van der Waals surface area contributed by atoms with E-state index in [0.29, 0.717) is 13.0 Å². The lowest BCUT2D eigenvalue weighted by molar-refractivity contribution is -0.120. The summed E-state index contributed by atoms with van der Waals surface area (Å²) in [4.78, 5) is 11.5. The number of rotatable bonds is 5. The number of hydrogen-bond acceptors (Lipinski definition) is 2. The van der Waals surface area contributed by atoms with E-state index in [1.54, 1.807) is 0 Å². The Bertz CT molecular complexity index is 520. The van der Waals surface area contributed by atoms with Gasteiger partial charge in [-0.05, 0) is 16.7 Å². The second-order valence-electron chi connectivity index (χ2n) is 4.31. The average molecular weight is 255 g/mol. The SMILES string of the molecule is O=C(Cc1ccc(-c2ccccc2)cc1)NCCO. The molecule has 0 fully saturated rings. The van der Waals surface area contributed by atoms with Crippen LogP contribution in [0.15, 0.2) is 54.6 Å². The third-order valence-electron chi connectivity index (χ3n) is 2.86. The molecule has 0 aliphatic heterocycles. The molecule has 0 unspecified atom stereocenters. The number of carbonyl (C=O) groups excluding carboxylic acids is 1. The van der Waals surface area contributed by atoms with Gasteiger partial charge in [0, 0.05) is 6.54 Å². The second-order valence-corrected chi connectivity index (χ2v) is 4.31. The van der Waals surface area contributed by atoms with Gasteiger partial charge in [0.2, 0.25) is 5.91 Å². The summed E-state index contributed by atoms with van der Waals surface area (Å²) in [5.74, 6) is -0.0680. The van der Waals surface area contributed by atoms with Crippen LogP contribution < -0.4 is 5.32 Å². The van der Waals surface area contributed by atoms with Crippen LogP contribution >= 0.6 is 0 Å². The molecule has 2 rings (SSSR count). The maximum Gasteiger partial charge on any atom is 0.224 e. The number of nitrogens with one attached hydrogen (secondary N) is 1. The van der Waals surface area contributed by atoms with Gasteiger partial charge < -0.3 is 10.4 Å². The minimum absolute atomic E-state index is 0.0291. The lowest BCUT2D eigenvalue weighted by Crippen LogP contribution is -2.27. The Hall–Kier alpha value is -2.13. The summed E-state index contributed by atoms with van der Waals surface area (Å²) in [7, 11) is 0. The minimum atomic E-state index is -0.0680. The molecule has 2 aromatic carbocycles. The van der Waals surface area contributed by atoms with Crippen molar-refractivity contribution in [3.05, 3.63) is 60.2 Å². The third kappa shape index (κ3) is 3.93. The molecule has 0 spiro atoms. The van der Waals surface area contributed by atoms with E-state index in [1.807, 2.05) is 42.5 Å². The Labute approximate surface area is 112 Å². The van der Waals surface area contributed by atoms with Crippen LogP contribution in [0, 0.1) is 0 Å². The van der Waals surface area contributed by atoms with Crippen molar-refractivity contribution < 1.29 is 9.90 Å². The summed E-state index contributed by atoms with van der Waals surface area (Å²) >= 11 is 0. The van der Waals surface area contributed by atoms with Gasteiger partial charge in [-0.15, -0.1) is 0 Å². The second kappa shape index (κ2) is 6.71. The molecule has 0 radical (unpaired) electrons. The lowest BCUT2D eigenvalue weighted by Gasteiger charge is -2.05. The van der Waals surface area contributed by atoms with Crippen molar-refractivity contribution in [3.8, 4) is 11.1 Å². The Morgan fingerprint density at radius 1 is 0.947 bits per heavy atom. The number of hydrogen-bond donors (Lipinski definition) is 2. The molecule has 0 aromatic heterocycles. The molecular weight excluding hydrogens is 238 g/mol. The highest BCUT2D eigenvalue weighted by molar-refractivity contribution is 5.78. The Kier molecular flexibility index (Phi) is 4.70. The predicted molar refractivity (Wildman–Crippen MR) is 75.7 cm³/mol. The van der Waals surface area contributed by atoms with Crippen LogP contribution in [-0.4, -0.2) is 24.2 Å². The Balaban J connectivity index is 2.01. The molecule has 0 saturated carbocycles. The normalized spacial score (nSPS) is 10.2. The van der Waals surface area contributed by atoms with Gasteiger partial charge in [-0.1, -0.05) is 54.6 Å². The largest absolute Gasteiger partial charge is 0.395 e. The molecule has 3 nitrogen and oxygen atoms in total. The summed E-state index contributed by atoms with van der Waals surface area (Å²) < 4.78 is 0. The molecule has 0 heterocycles. The molecular formula is C16H17NO2. The topological polar surface area (TPSA) is 49.3 Å². The molecule has 98 valence electrons. The summed E-state index contributed by atoms with van der Waals surface area (Å²) in [6.07, 6.45) is 0.342. The van der Waals surface area contributed by atoms with Crippen LogP contribution in [-0.2, 0) is 11.2 Å². The molecule has 3 heteroatoms. The fraction of sp³-hybridized carbons (Fsp3) is 0.188. The predicted octanol–water partition coefficient (Wildman–Crippen LogP) is 2.00. The molecule has 2 N–H and O–H groups in total. The molecule has 0 saturated heterocycles. The third-order valence-corrected chi connectivity index (χ3v) is 2.86. The minimum Gasteiger partial charge on any atom is -0.395 e. The quantitative estimate of drug-likeness (QED) is 0.858. The highest BCUT2D eigenvalue weighted by Crippen LogP contribution is 2.19. The summed E-state index contributed by atoms with van der Waals surface area (Å²) in [5, 5.41) is 11.3. The molecule has 0 aliphatic carbocycles. The van der Waals surface area contributed by atoms with Crippen LogP contribution in [0.25, 0.3) is 11.1 Å². The summed E-state index contributed by atoms with van der Waals surface area (Å²) in [6, 6.07) is 18.1. The van der Waals surface area contributed by atoms with Crippen LogP contribution in [0.3, 0.4) is 0 Å². The maximum absolute atomic E-state index is 11.5. The Morgan fingerprint density at radius 2 is 1.58 bits per heavy atom. The highest BCUT2D eigenvalue weighted by atomic mass is 16.3. The van der Waals surface area contributed by atoms with Crippen LogP contribution in [0.1, 0.15) is 5.56 Å². The molecule has 19 heavy (non-hydrogen) atoms. The number of aliphatic hydroxyl groups excluding tert-OH is 1. The van der Waals surface area contributed by atoms with Gasteiger partial charge in [0.1, 0.15) is 0 Å². The molecule has 0 atom stereocenters. The summed E-state index contributed by atoms with van der Waals surface area (Å²) in [6.45, 7) is 0.277. The number of amides is 1. The number of carbonyl (C=O) groups is 1. The van der Waals surface area contributed by atoms with E-state index in [1.165, 1.54) is 5.56 Å². The van der Waals surface area contributed by atoms with Crippen molar-refractivity contribution in [1.29, 1.82) is 0 Å². The zero-order valence-electron chi connectivity index (χ0n) is 10.7. The first kappa shape index (κ1) is 13.3. The average Bonchev–Trinajstić information content (AvgIpc) is 2.47. The summed E-state index contributed by atoms with van der Waals surface area (Å²) in [5.41, 5.74) is 3.27. The number of benzene rings is 2. The van der Waals surface area contributed by atoms with E-state index < -0.39 is 0 Å². The first-order chi connectivity index (χ1) is 9.29. The van der Waals surface area contributed by atoms with Gasteiger partial charge in [0.25, 0.3) is 0 Å². The standard InChI is InChI=1S/C16H17NO2/c18-11-10-17-16(19)12-13-6-8-15(9-7-13)14-4-2-1-3-5-14/h1-9,18H,10-12H2,(H,17,19). The van der Waals surface area contributed by atoms with Gasteiger partial charge in [0.15, 0.2) is 0 Å². The van der Waals surface area contributed by atoms with Crippen molar-refractivity contribution in [1.82, 2.24) is 5.32 Å². The van der Waals surface area contributed by atoms with Gasteiger partial charge in [-0.3, -0.25) is 4.79 Å². The molecule has 1 amide bonds. The molecule has 2 aromatic rings. The smallest absolute Gasteiger partial charge is 0.224 e. The van der Waals surface area contributed by atoms with Crippen LogP contribution in [0.2, 0.25) is 0 Å². The highest BCUT2D eigenvalue weighted by Gasteiger charge is 2.03. The van der Waals surface area contributed by atoms with Gasteiger partial charge in [-0.25, -0.2) is 0 Å². The van der Waals surface area contributed by atoms with Crippen LogP contribution in [0.5, 0.6) is 0 Å². The monoisotopic (exact) mass is 255 g/mol. The van der Waals surface area contributed by atoms with E-state index in [2.05, 4.69) is 17.4 Å². The van der Waals surface area contributed by atoms with Crippen molar-refractivity contribution in [2.24, 2.45) is 0 Å². The van der Waals surface area contributed by atoms with Gasteiger partial charge >= 0.3 is 0 Å². The van der Waals surface area contributed by atoms with Crippen molar-refractivity contribution in [2.45, 2.75) is 6.42 Å². The fourth-order valence-corrected chi connectivity index (χ4v) is 1.89. The van der Waals surface area contributed by atoms with E-state index in [-0.39, 0.29) is 12.5 Å². The molecule has 0 aliphatic rings. The first-order valence-corrected chi connectivity index (χ1v) is 6.31. The van der Waals surface area contributed by atoms with E-state index >= 15 is 0 Å². The van der Waals surface area contributed by atoms with E-state index in [4.69, 9.17) is 5.11 Å². The van der Waals surface area contributed by atoms with Gasteiger partial charge in [0.05, 0.1) is 13.0 Å². The number of aliphatic hydroxyl groups is 1. The lowest BCUT2D eigenvalue weighted by atomic mass is 10.0. The van der Waals surface area contributed by atoms with Crippen LogP contribution in [0.4, 0.5) is 0 Å². The van der Waals surface area contributed by atoms with Gasteiger partial charge in [-0.2, -0.15) is 0 Å². The molecule has 0 bridgehead atoms. The van der Waals surface area contributed by atoms with Crippen molar-refractivity contribution in [2.75, 3.05) is 13.2 Å².